The van der Waals surface area contributed by atoms with E-state index in [1.54, 1.807) is 23.5 Å². The zero-order valence-corrected chi connectivity index (χ0v) is 13.9. The number of hydrogen-bond acceptors (Lipinski definition) is 5. The quantitative estimate of drug-likeness (QED) is 0.658. The van der Waals surface area contributed by atoms with Crippen LogP contribution < -0.4 is 0 Å². The highest BCUT2D eigenvalue weighted by molar-refractivity contribution is 5.97. The molecule has 0 bridgehead atoms. The first kappa shape index (κ1) is 15.1. The predicted molar refractivity (Wildman–Crippen MR) is 92.7 cm³/mol. The van der Waals surface area contributed by atoms with Crippen molar-refractivity contribution in [1.82, 2.24) is 19.4 Å². The molecule has 7 heteroatoms. The molecular formula is C19H16N4O3. The summed E-state index contributed by atoms with van der Waals surface area (Å²) in [5, 5.41) is 0. The molecule has 1 amide bonds. The van der Waals surface area contributed by atoms with Gasteiger partial charge in [0.05, 0.1) is 18.1 Å². The monoisotopic (exact) mass is 348 g/mol. The molecule has 7 nitrogen and oxygen atoms in total. The van der Waals surface area contributed by atoms with Crippen molar-refractivity contribution in [1.29, 1.82) is 0 Å². The minimum Gasteiger partial charge on any atom is -0.465 e. The van der Waals surface area contributed by atoms with Gasteiger partial charge in [-0.2, -0.15) is 0 Å². The number of fused-ring (bicyclic) bond motifs is 2. The van der Waals surface area contributed by atoms with Crippen LogP contribution in [0.2, 0.25) is 0 Å². The van der Waals surface area contributed by atoms with Gasteiger partial charge in [-0.15, -0.1) is 0 Å². The molecule has 4 heterocycles. The lowest BCUT2D eigenvalue weighted by Gasteiger charge is -2.17. The number of para-hydroxylation sites is 1. The summed E-state index contributed by atoms with van der Waals surface area (Å²) in [4.78, 5) is 35.1. The van der Waals surface area contributed by atoms with Crippen LogP contribution in [-0.2, 0) is 9.53 Å². The van der Waals surface area contributed by atoms with Gasteiger partial charge in [0.2, 0.25) is 0 Å². The molecule has 2 aliphatic rings. The molecular weight excluding hydrogens is 332 g/mol. The van der Waals surface area contributed by atoms with Gasteiger partial charge < -0.3 is 9.64 Å². The standard InChI is InChI=1S/C19H16N4O3/c24-18(22-8-13-10-26-19(25)15(13)9-22)12-6-16-17(20-7-12)23(11-21-16)14-4-2-1-3-5-14/h1-7,11,13,15H,8-10H2/t13-,15-/m1/s1. The summed E-state index contributed by atoms with van der Waals surface area (Å²) >= 11 is 0. The molecule has 0 radical (unpaired) electrons. The van der Waals surface area contributed by atoms with Gasteiger partial charge in [0.25, 0.3) is 5.91 Å². The number of carbonyl (C=O) groups is 2. The van der Waals surface area contributed by atoms with E-state index in [-0.39, 0.29) is 23.7 Å². The summed E-state index contributed by atoms with van der Waals surface area (Å²) in [7, 11) is 0. The third kappa shape index (κ3) is 2.28. The molecule has 3 aromatic rings. The molecule has 5 rings (SSSR count). The Balaban J connectivity index is 1.44. The Morgan fingerprint density at radius 3 is 2.81 bits per heavy atom. The van der Waals surface area contributed by atoms with E-state index in [1.807, 2.05) is 34.9 Å². The Bertz CT molecular complexity index is 1010. The second kappa shape index (κ2) is 5.66. The van der Waals surface area contributed by atoms with E-state index in [4.69, 9.17) is 4.74 Å². The van der Waals surface area contributed by atoms with Crippen molar-refractivity contribution in [2.24, 2.45) is 11.8 Å². The molecule has 2 saturated heterocycles. The number of imidazole rings is 1. The normalized spacial score (nSPS) is 21.8. The molecule has 26 heavy (non-hydrogen) atoms. The Hall–Kier alpha value is -3.22. The predicted octanol–water partition coefficient (Wildman–Crippen LogP) is 1.67. The van der Waals surface area contributed by atoms with Gasteiger partial charge in [0.15, 0.2) is 5.65 Å². The summed E-state index contributed by atoms with van der Waals surface area (Å²) in [5.74, 6) is -0.385. The van der Waals surface area contributed by atoms with Gasteiger partial charge in [0.1, 0.15) is 11.8 Å². The molecule has 2 atom stereocenters. The lowest BCUT2D eigenvalue weighted by molar-refractivity contribution is -0.141. The smallest absolute Gasteiger partial charge is 0.311 e. The van der Waals surface area contributed by atoms with Crippen molar-refractivity contribution in [3.05, 3.63) is 54.5 Å². The van der Waals surface area contributed by atoms with Gasteiger partial charge in [-0.05, 0) is 18.2 Å². The third-order valence-electron chi connectivity index (χ3n) is 5.14. The number of benzene rings is 1. The van der Waals surface area contributed by atoms with Gasteiger partial charge >= 0.3 is 5.97 Å². The van der Waals surface area contributed by atoms with Gasteiger partial charge in [-0.25, -0.2) is 9.97 Å². The first-order valence-electron chi connectivity index (χ1n) is 8.55. The van der Waals surface area contributed by atoms with Crippen molar-refractivity contribution in [3.8, 4) is 5.69 Å². The van der Waals surface area contributed by atoms with Crippen LogP contribution in [0, 0.1) is 11.8 Å². The van der Waals surface area contributed by atoms with Crippen molar-refractivity contribution in [2.45, 2.75) is 0 Å². The Morgan fingerprint density at radius 2 is 2.00 bits per heavy atom. The molecule has 2 fully saturated rings. The molecule has 2 aliphatic heterocycles. The average molecular weight is 348 g/mol. The molecule has 0 unspecified atom stereocenters. The average Bonchev–Trinajstić information content (AvgIpc) is 3.37. The Labute approximate surface area is 149 Å². The number of amides is 1. The maximum Gasteiger partial charge on any atom is 0.311 e. The minimum absolute atomic E-state index is 0.112. The van der Waals surface area contributed by atoms with Crippen molar-refractivity contribution < 1.29 is 14.3 Å². The summed E-state index contributed by atoms with van der Waals surface area (Å²) in [6.45, 7) is 1.37. The molecule has 0 N–H and O–H groups in total. The third-order valence-corrected chi connectivity index (χ3v) is 5.14. The lowest BCUT2D eigenvalue weighted by atomic mass is 10.0. The van der Waals surface area contributed by atoms with Crippen molar-refractivity contribution in [2.75, 3.05) is 19.7 Å². The molecule has 0 saturated carbocycles. The summed E-state index contributed by atoms with van der Waals surface area (Å²) in [5.41, 5.74) is 2.82. The topological polar surface area (TPSA) is 77.3 Å². The second-order valence-electron chi connectivity index (χ2n) is 6.72. The van der Waals surface area contributed by atoms with E-state index >= 15 is 0 Å². The maximum absolute atomic E-state index is 12.8. The molecule has 0 spiro atoms. The number of rotatable bonds is 2. The number of cyclic esters (lactones) is 1. The number of carbonyl (C=O) groups excluding carboxylic acids is 2. The van der Waals surface area contributed by atoms with Crippen LogP contribution in [0.3, 0.4) is 0 Å². The Morgan fingerprint density at radius 1 is 1.15 bits per heavy atom. The number of nitrogens with zero attached hydrogens (tertiary/aromatic N) is 4. The molecule has 1 aromatic carbocycles. The molecule has 2 aromatic heterocycles. The number of hydrogen-bond donors (Lipinski definition) is 0. The fourth-order valence-corrected chi connectivity index (χ4v) is 3.75. The summed E-state index contributed by atoms with van der Waals surface area (Å²) in [6, 6.07) is 11.6. The van der Waals surface area contributed by atoms with E-state index in [1.165, 1.54) is 0 Å². The number of likely N-dealkylation sites (tertiary alicyclic amines) is 1. The lowest BCUT2D eigenvalue weighted by Crippen LogP contribution is -2.31. The van der Waals surface area contributed by atoms with E-state index in [2.05, 4.69) is 9.97 Å². The minimum atomic E-state index is -0.194. The fourth-order valence-electron chi connectivity index (χ4n) is 3.75. The molecule has 0 aliphatic carbocycles. The largest absolute Gasteiger partial charge is 0.465 e. The van der Waals surface area contributed by atoms with Crippen LogP contribution in [0.5, 0.6) is 0 Å². The van der Waals surface area contributed by atoms with Gasteiger partial charge in [0, 0.05) is 30.9 Å². The van der Waals surface area contributed by atoms with E-state index < -0.39 is 0 Å². The van der Waals surface area contributed by atoms with E-state index in [0.29, 0.717) is 36.4 Å². The van der Waals surface area contributed by atoms with Crippen molar-refractivity contribution in [3.63, 3.8) is 0 Å². The maximum atomic E-state index is 12.8. The number of esters is 1. The number of aromatic nitrogens is 3. The van der Waals surface area contributed by atoms with E-state index in [9.17, 15) is 9.59 Å². The van der Waals surface area contributed by atoms with E-state index in [0.717, 1.165) is 5.69 Å². The van der Waals surface area contributed by atoms with Crippen LogP contribution in [0.15, 0.2) is 48.9 Å². The Kier molecular flexibility index (Phi) is 3.28. The van der Waals surface area contributed by atoms with Crippen molar-refractivity contribution >= 4 is 23.0 Å². The van der Waals surface area contributed by atoms with Crippen LogP contribution in [0.4, 0.5) is 0 Å². The van der Waals surface area contributed by atoms with Crippen LogP contribution in [-0.4, -0.2) is 51.0 Å². The van der Waals surface area contributed by atoms with Crippen LogP contribution in [0.25, 0.3) is 16.9 Å². The van der Waals surface area contributed by atoms with Gasteiger partial charge in [-0.3, -0.25) is 14.2 Å². The highest BCUT2D eigenvalue weighted by Crippen LogP contribution is 2.31. The first-order chi connectivity index (χ1) is 12.7. The number of pyridine rings is 1. The molecule has 130 valence electrons. The van der Waals surface area contributed by atoms with Gasteiger partial charge in [-0.1, -0.05) is 18.2 Å². The SMILES string of the molecule is O=C1OC[C@H]2CN(C(=O)c3cnc4c(c3)ncn4-c3ccccc3)C[C@@H]12. The van der Waals surface area contributed by atoms with Crippen LogP contribution in [0.1, 0.15) is 10.4 Å². The second-order valence-corrected chi connectivity index (χ2v) is 6.72. The summed E-state index contributed by atoms with van der Waals surface area (Å²) < 4.78 is 6.94. The first-order valence-corrected chi connectivity index (χ1v) is 8.55. The zero-order valence-electron chi connectivity index (χ0n) is 13.9. The van der Waals surface area contributed by atoms with Crippen LogP contribution >= 0.6 is 0 Å². The summed E-state index contributed by atoms with van der Waals surface area (Å²) in [6.07, 6.45) is 3.29. The highest BCUT2D eigenvalue weighted by Gasteiger charge is 2.45. The zero-order chi connectivity index (χ0) is 17.7. The fraction of sp³-hybridized carbons (Fsp3) is 0.263. The highest BCUT2D eigenvalue weighted by atomic mass is 16.5. The number of ether oxygens (including phenoxy) is 1.